The van der Waals surface area contributed by atoms with Crippen LogP contribution in [0.15, 0.2) is 0 Å². The number of hydrogen-bond acceptors (Lipinski definition) is 2. The molecule has 1 unspecified atom stereocenters. The molecule has 0 aromatic carbocycles. The molecule has 0 aliphatic heterocycles. The van der Waals surface area contributed by atoms with Crippen molar-refractivity contribution >= 4 is 5.78 Å². The SMILES string of the molecule is CCCC(=O)C(C)(CCC(C)C)OCC. The zero-order valence-electron chi connectivity index (χ0n) is 10.9. The summed E-state index contributed by atoms with van der Waals surface area (Å²) in [5.74, 6) is 0.881. The van der Waals surface area contributed by atoms with Crippen molar-refractivity contribution in [1.82, 2.24) is 0 Å². The summed E-state index contributed by atoms with van der Waals surface area (Å²) in [6.07, 6.45) is 3.43. The first-order valence-electron chi connectivity index (χ1n) is 6.13. The highest BCUT2D eigenvalue weighted by Crippen LogP contribution is 2.23. The zero-order valence-corrected chi connectivity index (χ0v) is 10.9. The average Bonchev–Trinajstić information content (AvgIpc) is 2.15. The van der Waals surface area contributed by atoms with E-state index < -0.39 is 5.60 Å². The summed E-state index contributed by atoms with van der Waals surface area (Å²) in [6.45, 7) is 10.9. The zero-order chi connectivity index (χ0) is 11.9. The van der Waals surface area contributed by atoms with Crippen LogP contribution in [0.2, 0.25) is 0 Å². The van der Waals surface area contributed by atoms with Gasteiger partial charge in [0.05, 0.1) is 0 Å². The third kappa shape index (κ3) is 5.31. The van der Waals surface area contributed by atoms with Crippen molar-refractivity contribution in [3.8, 4) is 0 Å². The Bertz CT molecular complexity index is 187. The van der Waals surface area contributed by atoms with E-state index in [1.807, 2.05) is 20.8 Å². The molecular weight excluding hydrogens is 188 g/mol. The smallest absolute Gasteiger partial charge is 0.164 e. The number of ether oxygens (including phenoxy) is 1. The highest BCUT2D eigenvalue weighted by molar-refractivity contribution is 5.86. The average molecular weight is 214 g/mol. The van der Waals surface area contributed by atoms with Gasteiger partial charge in [-0.3, -0.25) is 4.79 Å². The van der Waals surface area contributed by atoms with Crippen LogP contribution in [0, 0.1) is 5.92 Å². The molecule has 1 atom stereocenters. The van der Waals surface area contributed by atoms with Crippen molar-refractivity contribution in [1.29, 1.82) is 0 Å². The predicted molar refractivity (Wildman–Crippen MR) is 64.0 cm³/mol. The summed E-state index contributed by atoms with van der Waals surface area (Å²) in [5, 5.41) is 0. The Balaban J connectivity index is 4.36. The largest absolute Gasteiger partial charge is 0.368 e. The molecule has 0 N–H and O–H groups in total. The lowest BCUT2D eigenvalue weighted by molar-refractivity contribution is -0.143. The van der Waals surface area contributed by atoms with Crippen LogP contribution in [0.4, 0.5) is 0 Å². The van der Waals surface area contributed by atoms with Crippen LogP contribution in [-0.4, -0.2) is 18.0 Å². The van der Waals surface area contributed by atoms with Crippen LogP contribution >= 0.6 is 0 Å². The van der Waals surface area contributed by atoms with Crippen LogP contribution in [0.3, 0.4) is 0 Å². The predicted octanol–water partition coefficient (Wildman–Crippen LogP) is 3.59. The van der Waals surface area contributed by atoms with Crippen LogP contribution < -0.4 is 0 Å². The molecule has 2 nitrogen and oxygen atoms in total. The van der Waals surface area contributed by atoms with Gasteiger partial charge in [-0.05, 0) is 39.0 Å². The normalized spacial score (nSPS) is 15.3. The summed E-state index contributed by atoms with van der Waals surface area (Å²) in [6, 6.07) is 0. The van der Waals surface area contributed by atoms with Gasteiger partial charge in [0, 0.05) is 13.0 Å². The molecule has 0 radical (unpaired) electrons. The van der Waals surface area contributed by atoms with Crippen molar-refractivity contribution in [2.24, 2.45) is 5.92 Å². The third-order valence-corrected chi connectivity index (χ3v) is 2.73. The highest BCUT2D eigenvalue weighted by Gasteiger charge is 2.32. The number of hydrogen-bond donors (Lipinski definition) is 0. The first-order chi connectivity index (χ1) is 6.96. The second-order valence-corrected chi connectivity index (χ2v) is 4.77. The van der Waals surface area contributed by atoms with E-state index in [4.69, 9.17) is 4.74 Å². The van der Waals surface area contributed by atoms with E-state index in [-0.39, 0.29) is 5.78 Å². The van der Waals surface area contributed by atoms with Gasteiger partial charge in [-0.25, -0.2) is 0 Å². The first kappa shape index (κ1) is 14.6. The summed E-state index contributed by atoms with van der Waals surface area (Å²) in [7, 11) is 0. The summed E-state index contributed by atoms with van der Waals surface area (Å²) < 4.78 is 5.64. The van der Waals surface area contributed by atoms with Gasteiger partial charge in [-0.15, -0.1) is 0 Å². The number of Topliss-reactive ketones (excluding diaryl/α,β-unsaturated/α-hetero) is 1. The van der Waals surface area contributed by atoms with E-state index in [0.29, 0.717) is 18.9 Å². The Kier molecular flexibility index (Phi) is 6.82. The number of rotatable bonds is 8. The quantitative estimate of drug-likeness (QED) is 0.617. The molecule has 0 saturated heterocycles. The molecule has 0 bridgehead atoms. The minimum absolute atomic E-state index is 0.257. The second-order valence-electron chi connectivity index (χ2n) is 4.77. The van der Waals surface area contributed by atoms with Gasteiger partial charge in [-0.2, -0.15) is 0 Å². The van der Waals surface area contributed by atoms with E-state index in [9.17, 15) is 4.79 Å². The number of carbonyl (C=O) groups is 1. The van der Waals surface area contributed by atoms with Gasteiger partial charge < -0.3 is 4.74 Å². The topological polar surface area (TPSA) is 26.3 Å². The van der Waals surface area contributed by atoms with Gasteiger partial charge in [0.1, 0.15) is 5.60 Å². The molecular formula is C13H26O2. The monoisotopic (exact) mass is 214 g/mol. The van der Waals surface area contributed by atoms with Gasteiger partial charge in [-0.1, -0.05) is 20.8 Å². The Morgan fingerprint density at radius 3 is 2.33 bits per heavy atom. The molecule has 2 heteroatoms. The highest BCUT2D eigenvalue weighted by atomic mass is 16.5. The molecule has 90 valence electrons. The Hall–Kier alpha value is -0.370. The molecule has 0 amide bonds. The molecule has 0 aliphatic carbocycles. The molecule has 0 aromatic rings. The minimum Gasteiger partial charge on any atom is -0.368 e. The lowest BCUT2D eigenvalue weighted by Gasteiger charge is -2.28. The van der Waals surface area contributed by atoms with E-state index in [1.165, 1.54) is 0 Å². The van der Waals surface area contributed by atoms with Gasteiger partial charge in [0.2, 0.25) is 0 Å². The van der Waals surface area contributed by atoms with Crippen LogP contribution in [-0.2, 0) is 9.53 Å². The minimum atomic E-state index is -0.547. The van der Waals surface area contributed by atoms with E-state index in [0.717, 1.165) is 19.3 Å². The van der Waals surface area contributed by atoms with Crippen molar-refractivity contribution in [3.63, 3.8) is 0 Å². The van der Waals surface area contributed by atoms with Crippen LogP contribution in [0.5, 0.6) is 0 Å². The molecule has 0 rings (SSSR count). The fraction of sp³-hybridized carbons (Fsp3) is 0.923. The first-order valence-corrected chi connectivity index (χ1v) is 6.13. The molecule has 0 fully saturated rings. The third-order valence-electron chi connectivity index (χ3n) is 2.73. The molecule has 15 heavy (non-hydrogen) atoms. The van der Waals surface area contributed by atoms with Crippen molar-refractivity contribution in [3.05, 3.63) is 0 Å². The van der Waals surface area contributed by atoms with E-state index in [1.54, 1.807) is 0 Å². The van der Waals surface area contributed by atoms with Gasteiger partial charge in [0.25, 0.3) is 0 Å². The fourth-order valence-corrected chi connectivity index (χ4v) is 1.67. The van der Waals surface area contributed by atoms with Gasteiger partial charge in [0.15, 0.2) is 5.78 Å². The Morgan fingerprint density at radius 2 is 1.93 bits per heavy atom. The second kappa shape index (κ2) is 7.00. The molecule has 0 saturated carbocycles. The van der Waals surface area contributed by atoms with E-state index >= 15 is 0 Å². The van der Waals surface area contributed by atoms with Crippen LogP contribution in [0.25, 0.3) is 0 Å². The lowest BCUT2D eigenvalue weighted by Crippen LogP contribution is -2.38. The maximum Gasteiger partial charge on any atom is 0.164 e. The molecule has 0 aliphatic rings. The van der Waals surface area contributed by atoms with E-state index in [2.05, 4.69) is 13.8 Å². The van der Waals surface area contributed by atoms with Crippen molar-refractivity contribution in [2.75, 3.05) is 6.61 Å². The maximum atomic E-state index is 11.9. The maximum absolute atomic E-state index is 11.9. The fourth-order valence-electron chi connectivity index (χ4n) is 1.67. The Morgan fingerprint density at radius 1 is 1.33 bits per heavy atom. The van der Waals surface area contributed by atoms with Crippen molar-refractivity contribution < 1.29 is 9.53 Å². The van der Waals surface area contributed by atoms with Crippen molar-refractivity contribution in [2.45, 2.75) is 65.9 Å². The summed E-state index contributed by atoms with van der Waals surface area (Å²) in [5.41, 5.74) is -0.547. The molecule has 0 aromatic heterocycles. The summed E-state index contributed by atoms with van der Waals surface area (Å²) >= 11 is 0. The number of ketones is 1. The van der Waals surface area contributed by atoms with Gasteiger partial charge >= 0.3 is 0 Å². The molecule has 0 heterocycles. The standard InChI is InChI=1S/C13H26O2/c1-6-8-12(14)13(5,15-7-2)10-9-11(3)4/h11H,6-10H2,1-5H3. The van der Waals surface area contributed by atoms with Crippen LogP contribution in [0.1, 0.15) is 60.3 Å². The molecule has 0 spiro atoms. The lowest BCUT2D eigenvalue weighted by atomic mass is 9.89. The Labute approximate surface area is 94.4 Å². The summed E-state index contributed by atoms with van der Waals surface area (Å²) in [4.78, 5) is 11.9. The number of carbonyl (C=O) groups excluding carboxylic acids is 1.